The van der Waals surface area contributed by atoms with Crippen molar-refractivity contribution in [1.82, 2.24) is 4.90 Å². The minimum Gasteiger partial charge on any atom is -0.493 e. The highest BCUT2D eigenvalue weighted by Gasteiger charge is 2.12. The van der Waals surface area contributed by atoms with Crippen LogP contribution in [0.3, 0.4) is 0 Å². The van der Waals surface area contributed by atoms with Crippen molar-refractivity contribution in [2.45, 2.75) is 52.9 Å². The summed E-state index contributed by atoms with van der Waals surface area (Å²) in [6, 6.07) is 5.54. The van der Waals surface area contributed by atoms with Crippen LogP contribution in [0.5, 0.6) is 5.75 Å². The summed E-state index contributed by atoms with van der Waals surface area (Å²) in [6.45, 7) is 15.3. The molecule has 0 radical (unpaired) electrons. The summed E-state index contributed by atoms with van der Waals surface area (Å²) in [7, 11) is 1.07. The van der Waals surface area contributed by atoms with E-state index >= 15 is 0 Å². The third-order valence-electron chi connectivity index (χ3n) is 3.71. The first-order valence-corrected chi connectivity index (χ1v) is 11.9. The number of aryl methyl sites for hydroxylation is 2. The smallest absolute Gasteiger partial charge is 0.122 e. The predicted molar refractivity (Wildman–Crippen MR) is 101 cm³/mol. The minimum absolute atomic E-state index is 0.811. The first-order valence-electron chi connectivity index (χ1n) is 8.21. The highest BCUT2D eigenvalue weighted by Crippen LogP contribution is 2.28. The zero-order chi connectivity index (χ0) is 16.8. The molecule has 0 amide bonds. The largest absolute Gasteiger partial charge is 0.493 e. The molecule has 0 saturated carbocycles. The maximum atomic E-state index is 5.97. The van der Waals surface area contributed by atoms with Gasteiger partial charge in [0.05, 0.1) is 18.6 Å². The first kappa shape index (κ1) is 18.8. The Morgan fingerprint density at radius 2 is 1.86 bits per heavy atom. The number of aliphatic imine (C=N–C) groups is 1. The van der Waals surface area contributed by atoms with E-state index in [0.29, 0.717) is 0 Å². The third kappa shape index (κ3) is 6.65. The lowest BCUT2D eigenvalue weighted by atomic mass is 10.1. The Hall–Kier alpha value is -1.29. The molecule has 0 aliphatic carbocycles. The van der Waals surface area contributed by atoms with Crippen LogP contribution in [0.4, 0.5) is 5.69 Å². The van der Waals surface area contributed by atoms with Gasteiger partial charge in [-0.3, -0.25) is 0 Å². The van der Waals surface area contributed by atoms with Gasteiger partial charge in [0.1, 0.15) is 5.75 Å². The zero-order valence-corrected chi connectivity index (χ0v) is 16.4. The Kier molecular flexibility index (Phi) is 7.13. The lowest BCUT2D eigenvalue weighted by Gasteiger charge is -2.16. The molecule has 0 aliphatic rings. The molecule has 0 atom stereocenters. The fourth-order valence-electron chi connectivity index (χ4n) is 2.10. The van der Waals surface area contributed by atoms with Crippen molar-refractivity contribution in [2.24, 2.45) is 4.99 Å². The van der Waals surface area contributed by atoms with Gasteiger partial charge in [0.25, 0.3) is 0 Å². The monoisotopic (exact) mass is 320 g/mol. The van der Waals surface area contributed by atoms with Crippen LogP contribution in [0, 0.1) is 13.8 Å². The maximum Gasteiger partial charge on any atom is 0.122 e. The van der Waals surface area contributed by atoms with Gasteiger partial charge in [-0.05, 0) is 50.5 Å². The van der Waals surface area contributed by atoms with Crippen molar-refractivity contribution in [3.8, 4) is 5.75 Å². The van der Waals surface area contributed by atoms with E-state index in [1.165, 1.54) is 6.04 Å². The molecular formula is C18H32N2OSi. The molecule has 4 heteroatoms. The van der Waals surface area contributed by atoms with Crippen LogP contribution in [0.2, 0.25) is 25.7 Å². The Balaban J connectivity index is 2.67. The predicted octanol–water partition coefficient (Wildman–Crippen LogP) is 5.02. The molecule has 124 valence electrons. The average Bonchev–Trinajstić information content (AvgIpc) is 2.43. The molecule has 1 rings (SSSR count). The molecule has 0 aliphatic heterocycles. The Labute approximate surface area is 137 Å². The fraction of sp³-hybridized carbons (Fsp3) is 0.611. The molecule has 1 aromatic rings. The van der Waals surface area contributed by atoms with Gasteiger partial charge in [-0.1, -0.05) is 25.7 Å². The van der Waals surface area contributed by atoms with Crippen molar-refractivity contribution in [3.63, 3.8) is 0 Å². The molecule has 0 N–H and O–H groups in total. The molecule has 0 saturated heterocycles. The van der Waals surface area contributed by atoms with E-state index in [1.807, 2.05) is 13.4 Å². The lowest BCUT2D eigenvalue weighted by Crippen LogP contribution is -2.20. The second-order valence-corrected chi connectivity index (χ2v) is 12.9. The van der Waals surface area contributed by atoms with E-state index in [4.69, 9.17) is 4.74 Å². The van der Waals surface area contributed by atoms with Gasteiger partial charge in [0.15, 0.2) is 0 Å². The fourth-order valence-corrected chi connectivity index (χ4v) is 3.30. The van der Waals surface area contributed by atoms with E-state index in [0.717, 1.165) is 42.1 Å². The summed E-state index contributed by atoms with van der Waals surface area (Å²) in [5.74, 6) is 0.996. The number of nitrogens with zero attached hydrogens (tertiary/aromatic N) is 2. The van der Waals surface area contributed by atoms with Crippen LogP contribution in [-0.4, -0.2) is 39.5 Å². The van der Waals surface area contributed by atoms with E-state index in [2.05, 4.69) is 62.4 Å². The van der Waals surface area contributed by atoms with Crippen LogP contribution in [-0.2, 0) is 0 Å². The normalized spacial score (nSPS) is 12.0. The van der Waals surface area contributed by atoms with Crippen LogP contribution < -0.4 is 4.74 Å². The number of benzene rings is 1. The molecule has 0 aromatic heterocycles. The number of rotatable bonds is 8. The van der Waals surface area contributed by atoms with E-state index < -0.39 is 8.07 Å². The summed E-state index contributed by atoms with van der Waals surface area (Å²) in [5, 5.41) is 0. The highest BCUT2D eigenvalue weighted by molar-refractivity contribution is 6.76. The number of hydrogen-bond acceptors (Lipinski definition) is 2. The van der Waals surface area contributed by atoms with Crippen LogP contribution in [0.25, 0.3) is 0 Å². The minimum atomic E-state index is -0.958. The molecule has 0 fully saturated rings. The van der Waals surface area contributed by atoms with Crippen LogP contribution in [0.15, 0.2) is 17.1 Å². The molecule has 0 heterocycles. The number of ether oxygens (including phenoxy) is 1. The summed E-state index contributed by atoms with van der Waals surface area (Å²) >= 11 is 0. The molecule has 0 bridgehead atoms. The van der Waals surface area contributed by atoms with E-state index in [9.17, 15) is 0 Å². The highest BCUT2D eigenvalue weighted by atomic mass is 28.3. The first-order chi connectivity index (χ1) is 10.2. The Morgan fingerprint density at radius 1 is 1.18 bits per heavy atom. The second-order valence-electron chi connectivity index (χ2n) is 7.23. The van der Waals surface area contributed by atoms with Gasteiger partial charge in [0, 0.05) is 21.7 Å². The van der Waals surface area contributed by atoms with Gasteiger partial charge in [-0.15, -0.1) is 0 Å². The van der Waals surface area contributed by atoms with E-state index in [1.54, 1.807) is 0 Å². The summed E-state index contributed by atoms with van der Waals surface area (Å²) in [5.41, 5.74) is 3.34. The summed E-state index contributed by atoms with van der Waals surface area (Å²) < 4.78 is 5.97. The molecular weight excluding hydrogens is 288 g/mol. The summed E-state index contributed by atoms with van der Waals surface area (Å²) in [4.78, 5) is 6.62. The van der Waals surface area contributed by atoms with Gasteiger partial charge in [-0.2, -0.15) is 0 Å². The standard InChI is InChI=1S/C18H32N2OSi/c1-8-20(4)14-19-17-12-16(3)18(13-15(17)2)21-10-9-11-22(5,6)7/h12-14H,8-11H2,1-7H3. The van der Waals surface area contributed by atoms with E-state index in [-0.39, 0.29) is 0 Å². The third-order valence-corrected chi connectivity index (χ3v) is 5.57. The SMILES string of the molecule is CCN(C)C=Nc1cc(C)c(OCCC[Si](C)(C)C)cc1C. The van der Waals surface area contributed by atoms with Crippen molar-refractivity contribution in [3.05, 3.63) is 23.3 Å². The van der Waals surface area contributed by atoms with Gasteiger partial charge >= 0.3 is 0 Å². The van der Waals surface area contributed by atoms with Crippen molar-refractivity contribution in [2.75, 3.05) is 20.2 Å². The Morgan fingerprint density at radius 3 is 2.45 bits per heavy atom. The molecule has 22 heavy (non-hydrogen) atoms. The van der Waals surface area contributed by atoms with Crippen molar-refractivity contribution < 1.29 is 4.74 Å². The second kappa shape index (κ2) is 8.37. The van der Waals surface area contributed by atoms with Crippen molar-refractivity contribution >= 4 is 20.1 Å². The molecule has 3 nitrogen and oxygen atoms in total. The van der Waals surface area contributed by atoms with Gasteiger partial charge in [-0.25, -0.2) is 4.99 Å². The van der Waals surface area contributed by atoms with Crippen molar-refractivity contribution in [1.29, 1.82) is 0 Å². The lowest BCUT2D eigenvalue weighted by molar-refractivity contribution is 0.314. The van der Waals surface area contributed by atoms with Crippen LogP contribution in [0.1, 0.15) is 24.5 Å². The van der Waals surface area contributed by atoms with Gasteiger partial charge < -0.3 is 9.64 Å². The number of hydrogen-bond donors (Lipinski definition) is 0. The molecule has 0 unspecified atom stereocenters. The van der Waals surface area contributed by atoms with Gasteiger partial charge in [0.2, 0.25) is 0 Å². The molecule has 1 aromatic carbocycles. The maximum absolute atomic E-state index is 5.97. The Bertz CT molecular complexity index is 507. The summed E-state index contributed by atoms with van der Waals surface area (Å²) in [6.07, 6.45) is 3.03. The zero-order valence-electron chi connectivity index (χ0n) is 15.4. The topological polar surface area (TPSA) is 24.8 Å². The quantitative estimate of drug-likeness (QED) is 0.291. The molecule has 0 spiro atoms. The van der Waals surface area contributed by atoms with Crippen LogP contribution >= 0.6 is 0 Å². The average molecular weight is 321 g/mol.